The second kappa shape index (κ2) is 8.02. The molecule has 158 valence electrons. The Balaban J connectivity index is 1.93. The van der Waals surface area contributed by atoms with E-state index >= 15 is 0 Å². The van der Waals surface area contributed by atoms with Crippen LogP contribution in [0.15, 0.2) is 44.3 Å². The summed E-state index contributed by atoms with van der Waals surface area (Å²) in [7, 11) is 3.07. The number of rotatable bonds is 7. The van der Waals surface area contributed by atoms with Crippen LogP contribution in [0, 0.1) is 6.92 Å². The molecule has 2 aromatic carbocycles. The second-order valence-electron chi connectivity index (χ2n) is 7.18. The van der Waals surface area contributed by atoms with E-state index < -0.39 is 29.0 Å². The SMILES string of the molecule is Cc1ccc([C@H](Nc2c(Nc3cccc(C(=O)N(C)C)c3O)c(=O)c2=O)[C@H](C)F)o1. The number of carbonyl (C=O) groups is 1. The van der Waals surface area contributed by atoms with E-state index in [1.165, 1.54) is 44.1 Å². The number of nitrogens with zero attached hydrogens (tertiary/aromatic N) is 1. The summed E-state index contributed by atoms with van der Waals surface area (Å²) in [5.74, 6) is 0.0577. The van der Waals surface area contributed by atoms with Crippen molar-refractivity contribution in [3.05, 3.63) is 67.9 Å². The summed E-state index contributed by atoms with van der Waals surface area (Å²) >= 11 is 0. The summed E-state index contributed by atoms with van der Waals surface area (Å²) in [5, 5.41) is 15.9. The lowest BCUT2D eigenvalue weighted by Crippen LogP contribution is -2.38. The Morgan fingerprint density at radius 3 is 2.37 bits per heavy atom. The van der Waals surface area contributed by atoms with Crippen LogP contribution >= 0.6 is 0 Å². The van der Waals surface area contributed by atoms with Gasteiger partial charge in [0.15, 0.2) is 5.75 Å². The summed E-state index contributed by atoms with van der Waals surface area (Å²) in [5.41, 5.74) is -1.78. The summed E-state index contributed by atoms with van der Waals surface area (Å²) in [6, 6.07) is 6.67. The lowest BCUT2D eigenvalue weighted by atomic mass is 10.1. The highest BCUT2D eigenvalue weighted by atomic mass is 19.1. The van der Waals surface area contributed by atoms with Crippen molar-refractivity contribution in [1.82, 2.24) is 4.90 Å². The predicted octanol–water partition coefficient (Wildman–Crippen LogP) is 2.85. The number of halogens is 1. The molecule has 9 heteroatoms. The third kappa shape index (κ3) is 3.78. The van der Waals surface area contributed by atoms with Crippen LogP contribution in [0.4, 0.5) is 21.5 Å². The number of phenols is 1. The highest BCUT2D eigenvalue weighted by Gasteiger charge is 2.29. The van der Waals surface area contributed by atoms with Gasteiger partial charge in [0.1, 0.15) is 35.1 Å². The number of aromatic hydroxyl groups is 1. The van der Waals surface area contributed by atoms with E-state index in [2.05, 4.69) is 10.6 Å². The Bertz CT molecular complexity index is 1160. The van der Waals surface area contributed by atoms with Crippen molar-refractivity contribution in [1.29, 1.82) is 0 Å². The third-order valence-electron chi connectivity index (χ3n) is 4.67. The minimum atomic E-state index is -1.43. The van der Waals surface area contributed by atoms with Gasteiger partial charge in [-0.25, -0.2) is 4.39 Å². The molecule has 8 nitrogen and oxygen atoms in total. The third-order valence-corrected chi connectivity index (χ3v) is 4.67. The molecule has 0 saturated carbocycles. The van der Waals surface area contributed by atoms with Crippen molar-refractivity contribution in [3.8, 4) is 5.75 Å². The van der Waals surface area contributed by atoms with Crippen molar-refractivity contribution in [2.45, 2.75) is 26.1 Å². The van der Waals surface area contributed by atoms with E-state index in [4.69, 9.17) is 4.42 Å². The number of phenolic OH excluding ortho intramolecular Hbond substituents is 1. The highest BCUT2D eigenvalue weighted by molar-refractivity contribution is 5.99. The molecule has 3 rings (SSSR count). The lowest BCUT2D eigenvalue weighted by Gasteiger charge is -2.22. The highest BCUT2D eigenvalue weighted by Crippen LogP contribution is 2.33. The van der Waals surface area contributed by atoms with Gasteiger partial charge in [0, 0.05) is 14.1 Å². The van der Waals surface area contributed by atoms with Crippen molar-refractivity contribution in [2.75, 3.05) is 24.7 Å². The number of alkyl halides is 1. The number of para-hydroxylation sites is 1. The van der Waals surface area contributed by atoms with Crippen LogP contribution in [0.25, 0.3) is 0 Å². The molecule has 0 unspecified atom stereocenters. The number of amides is 1. The smallest absolute Gasteiger partial charge is 0.257 e. The number of hydrogen-bond acceptors (Lipinski definition) is 7. The molecule has 3 aromatic rings. The topological polar surface area (TPSA) is 112 Å². The van der Waals surface area contributed by atoms with Crippen molar-refractivity contribution in [2.24, 2.45) is 0 Å². The van der Waals surface area contributed by atoms with Gasteiger partial charge in [0.05, 0.1) is 11.3 Å². The average molecular weight is 415 g/mol. The summed E-state index contributed by atoms with van der Waals surface area (Å²) < 4.78 is 19.6. The van der Waals surface area contributed by atoms with Gasteiger partial charge < -0.3 is 25.1 Å². The molecule has 0 spiro atoms. The van der Waals surface area contributed by atoms with Gasteiger partial charge in [0.2, 0.25) is 0 Å². The van der Waals surface area contributed by atoms with Crippen LogP contribution in [0.3, 0.4) is 0 Å². The molecular weight excluding hydrogens is 393 g/mol. The number of benzene rings is 1. The largest absolute Gasteiger partial charge is 0.505 e. The quantitative estimate of drug-likeness (QED) is 0.402. The Morgan fingerprint density at radius 1 is 1.13 bits per heavy atom. The Labute approximate surface area is 171 Å². The van der Waals surface area contributed by atoms with Crippen LogP contribution in [-0.2, 0) is 0 Å². The van der Waals surface area contributed by atoms with Gasteiger partial charge in [-0.2, -0.15) is 0 Å². The molecule has 0 bridgehead atoms. The van der Waals surface area contributed by atoms with Gasteiger partial charge >= 0.3 is 0 Å². The zero-order chi connectivity index (χ0) is 22.2. The maximum absolute atomic E-state index is 14.2. The first-order valence-corrected chi connectivity index (χ1v) is 9.22. The summed E-state index contributed by atoms with van der Waals surface area (Å²) in [6.07, 6.45) is -1.43. The standard InChI is InChI=1S/C21H22FN3O5/c1-10-8-9-14(30-10)15(11(2)22)24-17-16(19(27)20(17)28)23-13-7-5-6-12(18(13)26)21(29)25(3)4/h5-9,11,15,23-24,26H,1-4H3/t11-,15+/m0/s1. The fourth-order valence-corrected chi connectivity index (χ4v) is 3.03. The molecule has 1 amide bonds. The minimum Gasteiger partial charge on any atom is -0.505 e. The minimum absolute atomic E-state index is 0.0273. The Kier molecular flexibility index (Phi) is 5.64. The molecule has 3 N–H and O–H groups in total. The first-order valence-electron chi connectivity index (χ1n) is 9.22. The van der Waals surface area contributed by atoms with E-state index in [-0.39, 0.29) is 34.1 Å². The van der Waals surface area contributed by atoms with Gasteiger partial charge in [-0.15, -0.1) is 0 Å². The number of carbonyl (C=O) groups excluding carboxylic acids is 1. The van der Waals surface area contributed by atoms with E-state index in [1.807, 2.05) is 0 Å². The van der Waals surface area contributed by atoms with Gasteiger partial charge in [-0.3, -0.25) is 14.4 Å². The summed E-state index contributed by atoms with van der Waals surface area (Å²) in [6.45, 7) is 3.01. The van der Waals surface area contributed by atoms with Crippen LogP contribution in [0.5, 0.6) is 5.75 Å². The lowest BCUT2D eigenvalue weighted by molar-refractivity contribution is 0.0824. The molecule has 1 aromatic heterocycles. The molecule has 30 heavy (non-hydrogen) atoms. The zero-order valence-corrected chi connectivity index (χ0v) is 16.9. The number of anilines is 3. The van der Waals surface area contributed by atoms with Gasteiger partial charge in [-0.05, 0) is 38.1 Å². The molecule has 0 aliphatic rings. The van der Waals surface area contributed by atoms with Crippen molar-refractivity contribution in [3.63, 3.8) is 0 Å². The summed E-state index contributed by atoms with van der Waals surface area (Å²) in [4.78, 5) is 37.7. The van der Waals surface area contributed by atoms with Crippen LogP contribution in [0.2, 0.25) is 0 Å². The monoisotopic (exact) mass is 415 g/mol. The average Bonchev–Trinajstić information content (AvgIpc) is 3.13. The van der Waals surface area contributed by atoms with Crippen molar-refractivity contribution >= 4 is 23.0 Å². The van der Waals surface area contributed by atoms with Crippen molar-refractivity contribution < 1.29 is 18.7 Å². The first kappa shape index (κ1) is 21.1. The number of nitrogens with one attached hydrogen (secondary N) is 2. The van der Waals surface area contributed by atoms with E-state index in [0.717, 1.165) is 0 Å². The van der Waals surface area contributed by atoms with E-state index in [0.29, 0.717) is 5.76 Å². The normalized spacial score (nSPS) is 13.1. The van der Waals surface area contributed by atoms with Gasteiger partial charge in [-0.1, -0.05) is 6.07 Å². The van der Waals surface area contributed by atoms with Crippen LogP contribution < -0.4 is 21.5 Å². The Hall–Kier alpha value is -3.62. The maximum atomic E-state index is 14.2. The van der Waals surface area contributed by atoms with Crippen LogP contribution in [0.1, 0.15) is 34.8 Å². The zero-order valence-electron chi connectivity index (χ0n) is 16.9. The molecule has 0 saturated heterocycles. The number of aryl methyl sites for hydroxylation is 1. The number of hydrogen-bond donors (Lipinski definition) is 3. The molecule has 0 fully saturated rings. The molecule has 0 aliphatic carbocycles. The fourth-order valence-electron chi connectivity index (χ4n) is 3.03. The molecule has 0 radical (unpaired) electrons. The Morgan fingerprint density at radius 2 is 1.80 bits per heavy atom. The molecule has 2 atom stereocenters. The maximum Gasteiger partial charge on any atom is 0.257 e. The van der Waals surface area contributed by atoms with Crippen LogP contribution in [-0.4, -0.2) is 36.2 Å². The fraction of sp³-hybridized carbons (Fsp3) is 0.286. The molecular formula is C21H22FN3O5. The second-order valence-corrected chi connectivity index (χ2v) is 7.18. The van der Waals surface area contributed by atoms with E-state index in [1.54, 1.807) is 19.1 Å². The molecule has 0 aliphatic heterocycles. The predicted molar refractivity (Wildman–Crippen MR) is 111 cm³/mol. The number of furan rings is 1. The molecule has 1 heterocycles. The van der Waals surface area contributed by atoms with E-state index in [9.17, 15) is 23.9 Å². The first-order chi connectivity index (χ1) is 14.1. The van der Waals surface area contributed by atoms with Gasteiger partial charge in [0.25, 0.3) is 16.8 Å².